The van der Waals surface area contributed by atoms with E-state index in [1.165, 1.54) is 0 Å². The van der Waals surface area contributed by atoms with Crippen LogP contribution in [0.5, 0.6) is 0 Å². The Morgan fingerprint density at radius 1 is 1.04 bits per heavy atom. The van der Waals surface area contributed by atoms with Crippen LogP contribution < -0.4 is 0 Å². The second kappa shape index (κ2) is 7.82. The predicted octanol–water partition coefficient (Wildman–Crippen LogP) is 3.95. The van der Waals surface area contributed by atoms with E-state index in [0.717, 1.165) is 18.8 Å². The Hall–Kier alpha value is -1.82. The summed E-state index contributed by atoms with van der Waals surface area (Å²) in [4.78, 5) is 28.3. The van der Waals surface area contributed by atoms with E-state index in [9.17, 15) is 9.59 Å². The van der Waals surface area contributed by atoms with Gasteiger partial charge in [0.25, 0.3) is 0 Å². The molecule has 2 rings (SSSR count). The number of nitrogens with zero attached hydrogens (tertiary/aromatic N) is 2. The van der Waals surface area contributed by atoms with E-state index in [2.05, 4.69) is 4.90 Å². The molecule has 1 amide bonds. The molecule has 0 aliphatic carbocycles. The summed E-state index contributed by atoms with van der Waals surface area (Å²) >= 11 is 0. The standard InChI is InChI=1S/C20H32N2O4/c1-19(2,3)13-16(23)17-8-7-15(25-17)14-21-9-11-22(12-10-21)18(24)26-20(4,5)6/h7-8H,9-14H2,1-6H3. The third-order valence-corrected chi connectivity index (χ3v) is 4.03. The first-order chi connectivity index (χ1) is 11.9. The molecule has 1 aliphatic heterocycles. The third kappa shape index (κ3) is 6.48. The zero-order valence-electron chi connectivity index (χ0n) is 16.9. The van der Waals surface area contributed by atoms with E-state index >= 15 is 0 Å². The van der Waals surface area contributed by atoms with Gasteiger partial charge < -0.3 is 14.1 Å². The highest BCUT2D eigenvalue weighted by atomic mass is 16.6. The molecule has 1 aromatic heterocycles. The minimum absolute atomic E-state index is 0.0403. The Morgan fingerprint density at radius 3 is 2.19 bits per heavy atom. The van der Waals surface area contributed by atoms with Crippen molar-refractivity contribution in [2.75, 3.05) is 26.2 Å². The van der Waals surface area contributed by atoms with E-state index < -0.39 is 5.60 Å². The van der Waals surface area contributed by atoms with Gasteiger partial charge in [0.05, 0.1) is 6.54 Å². The molecule has 1 aromatic rings. The average Bonchev–Trinajstić information content (AvgIpc) is 2.93. The number of rotatable bonds is 4. The van der Waals surface area contributed by atoms with Crippen LogP contribution in [0.3, 0.4) is 0 Å². The van der Waals surface area contributed by atoms with Crippen molar-refractivity contribution in [3.63, 3.8) is 0 Å². The minimum atomic E-state index is -0.474. The van der Waals surface area contributed by atoms with Crippen molar-refractivity contribution < 1.29 is 18.7 Å². The van der Waals surface area contributed by atoms with Gasteiger partial charge in [-0.2, -0.15) is 0 Å². The van der Waals surface area contributed by atoms with Crippen LogP contribution in [0.15, 0.2) is 16.5 Å². The third-order valence-electron chi connectivity index (χ3n) is 4.03. The molecule has 146 valence electrons. The molecule has 26 heavy (non-hydrogen) atoms. The molecular formula is C20H32N2O4. The Bertz CT molecular complexity index is 629. The summed E-state index contributed by atoms with van der Waals surface area (Å²) < 4.78 is 11.2. The molecule has 0 radical (unpaired) electrons. The molecule has 0 N–H and O–H groups in total. The lowest BCUT2D eigenvalue weighted by Gasteiger charge is -2.35. The number of hydrogen-bond acceptors (Lipinski definition) is 5. The lowest BCUT2D eigenvalue weighted by molar-refractivity contribution is 0.0134. The minimum Gasteiger partial charge on any atom is -0.457 e. The lowest BCUT2D eigenvalue weighted by Crippen LogP contribution is -2.49. The molecule has 1 saturated heterocycles. The van der Waals surface area contributed by atoms with Gasteiger partial charge in [0.1, 0.15) is 11.4 Å². The number of ketones is 1. The second-order valence-corrected chi connectivity index (χ2v) is 9.17. The predicted molar refractivity (Wildman–Crippen MR) is 100 cm³/mol. The van der Waals surface area contributed by atoms with E-state index in [0.29, 0.717) is 31.8 Å². The summed E-state index contributed by atoms with van der Waals surface area (Å²) in [6.45, 7) is 15.2. The molecule has 2 heterocycles. The van der Waals surface area contributed by atoms with Gasteiger partial charge in [-0.3, -0.25) is 9.69 Å². The van der Waals surface area contributed by atoms with Crippen LogP contribution in [0, 0.1) is 5.41 Å². The van der Waals surface area contributed by atoms with Crippen molar-refractivity contribution in [1.29, 1.82) is 0 Å². The Kier molecular flexibility index (Phi) is 6.17. The maximum Gasteiger partial charge on any atom is 0.410 e. The fourth-order valence-corrected chi connectivity index (χ4v) is 2.82. The van der Waals surface area contributed by atoms with Gasteiger partial charge >= 0.3 is 6.09 Å². The molecule has 0 atom stereocenters. The number of hydrogen-bond donors (Lipinski definition) is 0. The normalized spacial score (nSPS) is 16.6. The van der Waals surface area contributed by atoms with Crippen LogP contribution in [-0.4, -0.2) is 53.5 Å². The number of furan rings is 1. The van der Waals surface area contributed by atoms with E-state index in [1.54, 1.807) is 11.0 Å². The molecule has 0 spiro atoms. The Morgan fingerprint density at radius 2 is 1.65 bits per heavy atom. The van der Waals surface area contributed by atoms with Gasteiger partial charge in [-0.05, 0) is 38.3 Å². The van der Waals surface area contributed by atoms with Crippen molar-refractivity contribution in [3.05, 3.63) is 23.7 Å². The highest BCUT2D eigenvalue weighted by molar-refractivity contribution is 5.93. The Labute approximate surface area is 156 Å². The van der Waals surface area contributed by atoms with Crippen LogP contribution in [-0.2, 0) is 11.3 Å². The van der Waals surface area contributed by atoms with Gasteiger partial charge in [0.15, 0.2) is 11.5 Å². The molecule has 1 aliphatic rings. The van der Waals surface area contributed by atoms with Gasteiger partial charge in [0, 0.05) is 32.6 Å². The van der Waals surface area contributed by atoms with E-state index in [1.807, 2.05) is 47.6 Å². The van der Waals surface area contributed by atoms with Crippen LogP contribution in [0.1, 0.15) is 64.3 Å². The largest absolute Gasteiger partial charge is 0.457 e. The number of ether oxygens (including phenoxy) is 1. The van der Waals surface area contributed by atoms with Crippen LogP contribution in [0.4, 0.5) is 4.79 Å². The van der Waals surface area contributed by atoms with Crippen LogP contribution in [0.25, 0.3) is 0 Å². The van der Waals surface area contributed by atoms with Gasteiger partial charge in [-0.15, -0.1) is 0 Å². The topological polar surface area (TPSA) is 63.0 Å². The zero-order chi connectivity index (χ0) is 19.5. The molecule has 0 aromatic carbocycles. The summed E-state index contributed by atoms with van der Waals surface area (Å²) in [5.41, 5.74) is -0.527. The lowest BCUT2D eigenvalue weighted by atomic mass is 9.89. The fourth-order valence-electron chi connectivity index (χ4n) is 2.82. The smallest absolute Gasteiger partial charge is 0.410 e. The molecule has 0 saturated carbocycles. The van der Waals surface area contributed by atoms with Crippen molar-refractivity contribution in [2.24, 2.45) is 5.41 Å². The highest BCUT2D eigenvalue weighted by Crippen LogP contribution is 2.23. The molecule has 6 nitrogen and oxygen atoms in total. The average molecular weight is 364 g/mol. The van der Waals surface area contributed by atoms with Gasteiger partial charge in [-0.1, -0.05) is 20.8 Å². The first-order valence-corrected chi connectivity index (χ1v) is 9.25. The molecule has 6 heteroatoms. The van der Waals surface area contributed by atoms with E-state index in [4.69, 9.17) is 9.15 Å². The monoisotopic (exact) mass is 364 g/mol. The summed E-state index contributed by atoms with van der Waals surface area (Å²) in [5.74, 6) is 1.26. The number of piperazine rings is 1. The van der Waals surface area contributed by atoms with Crippen molar-refractivity contribution in [3.8, 4) is 0 Å². The molecular weight excluding hydrogens is 332 g/mol. The molecule has 0 unspecified atom stereocenters. The SMILES string of the molecule is CC(C)(C)CC(=O)c1ccc(CN2CCN(C(=O)OC(C)(C)C)CC2)o1. The van der Waals surface area contributed by atoms with E-state index in [-0.39, 0.29) is 17.3 Å². The Balaban J connectivity index is 1.83. The molecule has 1 fully saturated rings. The van der Waals surface area contributed by atoms with Gasteiger partial charge in [-0.25, -0.2) is 4.79 Å². The number of carbonyl (C=O) groups excluding carboxylic acids is 2. The van der Waals surface area contributed by atoms with Crippen molar-refractivity contribution in [2.45, 2.75) is 60.1 Å². The zero-order valence-corrected chi connectivity index (χ0v) is 16.9. The van der Waals surface area contributed by atoms with Crippen LogP contribution >= 0.6 is 0 Å². The number of amides is 1. The van der Waals surface area contributed by atoms with Crippen molar-refractivity contribution >= 4 is 11.9 Å². The van der Waals surface area contributed by atoms with Crippen molar-refractivity contribution in [1.82, 2.24) is 9.80 Å². The fraction of sp³-hybridized carbons (Fsp3) is 0.700. The van der Waals surface area contributed by atoms with Crippen LogP contribution in [0.2, 0.25) is 0 Å². The summed E-state index contributed by atoms with van der Waals surface area (Å²) in [6, 6.07) is 3.64. The number of carbonyl (C=O) groups is 2. The maximum absolute atomic E-state index is 12.2. The maximum atomic E-state index is 12.2. The summed E-state index contributed by atoms with van der Waals surface area (Å²) in [5, 5.41) is 0. The molecule has 0 bridgehead atoms. The summed E-state index contributed by atoms with van der Waals surface area (Å²) in [7, 11) is 0. The summed E-state index contributed by atoms with van der Waals surface area (Å²) in [6.07, 6.45) is 0.208. The first-order valence-electron chi connectivity index (χ1n) is 9.25. The van der Waals surface area contributed by atoms with Gasteiger partial charge in [0.2, 0.25) is 0 Å². The number of Topliss-reactive ketones (excluding diaryl/α,β-unsaturated/α-hetero) is 1. The highest BCUT2D eigenvalue weighted by Gasteiger charge is 2.26. The first kappa shape index (κ1) is 20.5. The second-order valence-electron chi connectivity index (χ2n) is 9.17. The quantitative estimate of drug-likeness (QED) is 0.757.